The van der Waals surface area contributed by atoms with Gasteiger partial charge >= 0.3 is 6.09 Å². The van der Waals surface area contributed by atoms with Gasteiger partial charge in [-0.25, -0.2) is 14.2 Å². The summed E-state index contributed by atoms with van der Waals surface area (Å²) in [5, 5.41) is 10.5. The fraction of sp³-hybridized carbons (Fsp3) is 0.625. The lowest BCUT2D eigenvalue weighted by Crippen LogP contribution is -2.50. The van der Waals surface area contributed by atoms with Gasteiger partial charge in [0.05, 0.1) is 4.88 Å². The second-order valence-corrected chi connectivity index (χ2v) is 8.79. The number of thiazole rings is 1. The van der Waals surface area contributed by atoms with Gasteiger partial charge in [-0.3, -0.25) is 5.21 Å². The second kappa shape index (κ2) is 8.77. The van der Waals surface area contributed by atoms with Crippen LogP contribution in [-0.2, 0) is 4.74 Å². The summed E-state index contributed by atoms with van der Waals surface area (Å²) in [5.41, 5.74) is -0.471. The van der Waals surface area contributed by atoms with Crippen molar-refractivity contribution in [2.45, 2.75) is 33.3 Å². The number of aromatic nitrogens is 1. The number of piperazine rings is 1. The number of hydrogen-bond acceptors (Lipinski definition) is 8. The lowest BCUT2D eigenvalue weighted by atomic mass is 10.2. The van der Waals surface area contributed by atoms with Gasteiger partial charge in [0.25, 0.3) is 0 Å². The van der Waals surface area contributed by atoms with Gasteiger partial charge in [0, 0.05) is 44.3 Å². The molecule has 0 unspecified atom stereocenters. The van der Waals surface area contributed by atoms with Crippen molar-refractivity contribution in [2.75, 3.05) is 36.8 Å². The lowest BCUT2D eigenvalue weighted by Gasteiger charge is -2.35. The Morgan fingerprint density at radius 2 is 2.12 bits per heavy atom. The van der Waals surface area contributed by atoms with Crippen LogP contribution in [0.3, 0.4) is 0 Å². The van der Waals surface area contributed by atoms with Crippen molar-refractivity contribution in [3.05, 3.63) is 17.3 Å². The smallest absolute Gasteiger partial charge is 0.410 e. The van der Waals surface area contributed by atoms with Crippen LogP contribution < -0.4 is 4.90 Å². The molecule has 2 rings (SSSR count). The highest BCUT2D eigenvalue weighted by atomic mass is 32.2. The highest BCUT2D eigenvalue weighted by molar-refractivity contribution is 7.96. The van der Waals surface area contributed by atoms with E-state index in [0.717, 1.165) is 33.3 Å². The molecule has 0 bridgehead atoms. The molecule has 1 aliphatic rings. The number of nitrogens with zero attached hydrogens (tertiary/aromatic N) is 4. The maximum absolute atomic E-state index is 12.1. The normalized spacial score (nSPS) is 15.7. The maximum atomic E-state index is 12.1. The van der Waals surface area contributed by atoms with E-state index in [1.165, 1.54) is 11.9 Å². The van der Waals surface area contributed by atoms with Gasteiger partial charge in [0.15, 0.2) is 5.13 Å². The predicted octanol–water partition coefficient (Wildman–Crippen LogP) is 3.53. The molecule has 0 aliphatic carbocycles. The average molecular weight is 387 g/mol. The Morgan fingerprint density at radius 1 is 1.44 bits per heavy atom. The number of ether oxygens (including phenoxy) is 1. The summed E-state index contributed by atoms with van der Waals surface area (Å²) in [4.78, 5) is 21.4. The number of carbonyl (C=O) groups is 1. The van der Waals surface area contributed by atoms with E-state index in [9.17, 15) is 10.0 Å². The van der Waals surface area contributed by atoms with Crippen LogP contribution in [0.5, 0.6) is 0 Å². The molecule has 0 radical (unpaired) electrons. The van der Waals surface area contributed by atoms with Gasteiger partial charge < -0.3 is 14.5 Å². The largest absolute Gasteiger partial charge is 0.444 e. The Labute approximate surface area is 157 Å². The van der Waals surface area contributed by atoms with Crippen LogP contribution in [0, 0.1) is 0 Å². The fourth-order valence-electron chi connectivity index (χ4n) is 2.22. The third-order valence-corrected chi connectivity index (χ3v) is 5.01. The first-order valence-electron chi connectivity index (χ1n) is 8.26. The van der Waals surface area contributed by atoms with E-state index in [0.29, 0.717) is 13.1 Å². The van der Waals surface area contributed by atoms with Crippen molar-refractivity contribution in [2.24, 2.45) is 0 Å². The van der Waals surface area contributed by atoms with Crippen LogP contribution in [0.15, 0.2) is 12.4 Å². The van der Waals surface area contributed by atoms with E-state index >= 15 is 0 Å². The van der Waals surface area contributed by atoms with Crippen LogP contribution in [0.25, 0.3) is 6.08 Å². The van der Waals surface area contributed by atoms with Crippen LogP contribution in [-0.4, -0.2) is 63.2 Å². The first-order valence-corrected chi connectivity index (χ1v) is 10.0. The first kappa shape index (κ1) is 19.9. The van der Waals surface area contributed by atoms with Crippen LogP contribution in [0.1, 0.15) is 32.6 Å². The molecule has 0 aromatic carbocycles. The summed E-state index contributed by atoms with van der Waals surface area (Å²) in [5.74, 6) is 0.802. The summed E-state index contributed by atoms with van der Waals surface area (Å²) >= 11 is 2.88. The number of anilines is 1. The molecule has 0 atom stereocenters. The van der Waals surface area contributed by atoms with Crippen LogP contribution >= 0.6 is 23.3 Å². The molecule has 0 spiro atoms. The highest BCUT2D eigenvalue weighted by Crippen LogP contribution is 2.25. The quantitative estimate of drug-likeness (QED) is 0.613. The first-order chi connectivity index (χ1) is 11.8. The van der Waals surface area contributed by atoms with Crippen molar-refractivity contribution in [1.82, 2.24) is 14.4 Å². The average Bonchev–Trinajstić information content (AvgIpc) is 3.01. The van der Waals surface area contributed by atoms with Gasteiger partial charge in [-0.15, -0.1) is 0 Å². The molecule has 7 nitrogen and oxygen atoms in total. The summed E-state index contributed by atoms with van der Waals surface area (Å²) in [6, 6.07) is 0. The number of hydrogen-bond donors (Lipinski definition) is 1. The van der Waals surface area contributed by atoms with Gasteiger partial charge in [0.2, 0.25) is 0 Å². The van der Waals surface area contributed by atoms with Gasteiger partial charge in [-0.2, -0.15) is 0 Å². The molecule has 1 saturated heterocycles. The predicted molar refractivity (Wildman–Crippen MR) is 103 cm³/mol. The Balaban J connectivity index is 1.86. The summed E-state index contributed by atoms with van der Waals surface area (Å²) in [7, 11) is 0. The van der Waals surface area contributed by atoms with E-state index in [4.69, 9.17) is 4.74 Å². The minimum Gasteiger partial charge on any atom is -0.444 e. The van der Waals surface area contributed by atoms with Crippen LogP contribution in [0.2, 0.25) is 0 Å². The van der Waals surface area contributed by atoms with Crippen molar-refractivity contribution < 1.29 is 14.7 Å². The summed E-state index contributed by atoms with van der Waals surface area (Å²) < 4.78 is 6.51. The molecule has 1 N–H and O–H groups in total. The Hall–Kier alpha value is -1.45. The lowest BCUT2D eigenvalue weighted by molar-refractivity contribution is 0.0240. The molecule has 140 valence electrons. The van der Waals surface area contributed by atoms with Crippen molar-refractivity contribution in [3.63, 3.8) is 0 Å². The minimum absolute atomic E-state index is 0.258. The van der Waals surface area contributed by atoms with Crippen molar-refractivity contribution >= 4 is 40.6 Å². The van der Waals surface area contributed by atoms with E-state index in [2.05, 4.69) is 9.88 Å². The Kier molecular flexibility index (Phi) is 6.97. The third-order valence-electron chi connectivity index (χ3n) is 3.34. The molecule has 0 saturated carbocycles. The molecule has 1 aromatic heterocycles. The molecular weight excluding hydrogens is 360 g/mol. The molecule has 25 heavy (non-hydrogen) atoms. The Bertz CT molecular complexity index is 592. The number of hydroxylamine groups is 1. The van der Waals surface area contributed by atoms with E-state index in [1.807, 2.05) is 33.8 Å². The fourth-order valence-corrected chi connectivity index (χ4v) is 3.49. The van der Waals surface area contributed by atoms with Crippen molar-refractivity contribution in [3.8, 4) is 0 Å². The molecule has 1 aromatic rings. The SMILES string of the molecule is CCSN(O)/C=C/c1cnc(N2CCN(C(=O)OC(C)(C)C)CC2)s1. The zero-order chi connectivity index (χ0) is 18.4. The minimum atomic E-state index is -0.471. The third kappa shape index (κ3) is 6.41. The molecule has 9 heteroatoms. The number of amides is 1. The molecule has 1 fully saturated rings. The maximum Gasteiger partial charge on any atom is 0.410 e. The highest BCUT2D eigenvalue weighted by Gasteiger charge is 2.26. The van der Waals surface area contributed by atoms with Gasteiger partial charge in [-0.05, 0) is 38.8 Å². The van der Waals surface area contributed by atoms with E-state index < -0.39 is 5.60 Å². The topological polar surface area (TPSA) is 69.1 Å². The zero-order valence-corrected chi connectivity index (χ0v) is 16.8. The van der Waals surface area contributed by atoms with Gasteiger partial charge in [-0.1, -0.05) is 18.3 Å². The monoisotopic (exact) mass is 386 g/mol. The summed E-state index contributed by atoms with van der Waals surface area (Å²) in [6.07, 6.45) is 4.99. The van der Waals surface area contributed by atoms with Crippen molar-refractivity contribution in [1.29, 1.82) is 0 Å². The molecule has 1 aliphatic heterocycles. The molecule has 1 amide bonds. The van der Waals surface area contributed by atoms with E-state index in [1.54, 1.807) is 28.6 Å². The van der Waals surface area contributed by atoms with Gasteiger partial charge in [0.1, 0.15) is 5.60 Å². The Morgan fingerprint density at radius 3 is 2.72 bits per heavy atom. The zero-order valence-electron chi connectivity index (χ0n) is 15.1. The standard InChI is InChI=1S/C16H26N4O3S2/c1-5-24-20(22)7-6-13-12-17-14(25-13)18-8-10-19(11-9-18)15(21)23-16(2,3)4/h6-7,12,22H,5,8-11H2,1-4H3/b7-6+. The number of rotatable bonds is 5. The second-order valence-electron chi connectivity index (χ2n) is 6.54. The molecular formula is C16H26N4O3S2. The molecule has 2 heterocycles. The summed E-state index contributed by atoms with van der Waals surface area (Å²) in [6.45, 7) is 10.3. The van der Waals surface area contributed by atoms with E-state index in [-0.39, 0.29) is 6.09 Å². The van der Waals surface area contributed by atoms with Crippen LogP contribution in [0.4, 0.5) is 9.93 Å². The number of carbonyl (C=O) groups excluding carboxylic acids is 1.